The third-order valence-electron chi connectivity index (χ3n) is 3.32. The second-order valence-corrected chi connectivity index (χ2v) is 4.62. The van der Waals surface area contributed by atoms with Gasteiger partial charge in [0.2, 0.25) is 0 Å². The maximum Gasteiger partial charge on any atom is 0.0770 e. The molecule has 1 aromatic heterocycles. The van der Waals surface area contributed by atoms with Gasteiger partial charge in [-0.15, -0.1) is 5.10 Å². The van der Waals surface area contributed by atoms with E-state index in [-0.39, 0.29) is 6.04 Å². The molecular weight excluding hydrogens is 226 g/mol. The molecule has 2 rings (SSSR count). The summed E-state index contributed by atoms with van der Waals surface area (Å²) in [5.74, 6) is 5.63. The first-order valence-corrected chi connectivity index (χ1v) is 5.98. The van der Waals surface area contributed by atoms with Crippen LogP contribution in [0.3, 0.4) is 0 Å². The molecule has 0 saturated heterocycles. The average Bonchev–Trinajstić information content (AvgIpc) is 2.77. The van der Waals surface area contributed by atoms with Crippen molar-refractivity contribution >= 4 is 0 Å². The Balaban J connectivity index is 2.20. The molecule has 5 nitrogen and oxygen atoms in total. The molecule has 18 heavy (non-hydrogen) atoms. The minimum Gasteiger partial charge on any atom is -0.271 e. The SMILES string of the molecule is Cc1ccc(CC(NN)c2cnnn2C)cc1C. The summed E-state index contributed by atoms with van der Waals surface area (Å²) < 4.78 is 1.74. The lowest BCUT2D eigenvalue weighted by molar-refractivity contribution is 0.507. The predicted molar refractivity (Wildman–Crippen MR) is 70.7 cm³/mol. The molecular formula is C13H19N5. The average molecular weight is 245 g/mol. The summed E-state index contributed by atoms with van der Waals surface area (Å²) in [6.45, 7) is 4.23. The molecule has 3 N–H and O–H groups in total. The van der Waals surface area contributed by atoms with E-state index >= 15 is 0 Å². The molecule has 0 aliphatic heterocycles. The number of aryl methyl sites for hydroxylation is 3. The van der Waals surface area contributed by atoms with Crippen molar-refractivity contribution < 1.29 is 0 Å². The number of rotatable bonds is 4. The molecule has 0 spiro atoms. The summed E-state index contributed by atoms with van der Waals surface area (Å²) in [5.41, 5.74) is 7.66. The first kappa shape index (κ1) is 12.7. The molecule has 1 heterocycles. The van der Waals surface area contributed by atoms with Crippen molar-refractivity contribution in [2.45, 2.75) is 26.3 Å². The van der Waals surface area contributed by atoms with Gasteiger partial charge in [-0.3, -0.25) is 16.0 Å². The van der Waals surface area contributed by atoms with Crippen LogP contribution < -0.4 is 11.3 Å². The molecule has 0 radical (unpaired) electrons. The highest BCUT2D eigenvalue weighted by atomic mass is 15.4. The third kappa shape index (κ3) is 2.57. The Labute approximate surface area is 107 Å². The Morgan fingerprint density at radius 3 is 2.67 bits per heavy atom. The molecule has 1 unspecified atom stereocenters. The van der Waals surface area contributed by atoms with Crippen molar-refractivity contribution in [3.05, 3.63) is 46.8 Å². The number of nitrogens with two attached hydrogens (primary N) is 1. The van der Waals surface area contributed by atoms with E-state index in [2.05, 4.69) is 47.8 Å². The monoisotopic (exact) mass is 245 g/mol. The first-order valence-electron chi connectivity index (χ1n) is 5.98. The van der Waals surface area contributed by atoms with E-state index in [0.29, 0.717) is 0 Å². The summed E-state index contributed by atoms with van der Waals surface area (Å²) in [7, 11) is 1.87. The van der Waals surface area contributed by atoms with Gasteiger partial charge in [-0.1, -0.05) is 23.4 Å². The van der Waals surface area contributed by atoms with Crippen molar-refractivity contribution in [2.24, 2.45) is 12.9 Å². The number of hydrogen-bond acceptors (Lipinski definition) is 4. The quantitative estimate of drug-likeness (QED) is 0.627. The largest absolute Gasteiger partial charge is 0.271 e. The smallest absolute Gasteiger partial charge is 0.0770 e. The fraction of sp³-hybridized carbons (Fsp3) is 0.385. The van der Waals surface area contributed by atoms with E-state index in [9.17, 15) is 0 Å². The second-order valence-electron chi connectivity index (χ2n) is 4.62. The number of nitrogens with zero attached hydrogens (tertiary/aromatic N) is 3. The Bertz CT molecular complexity index is 532. The van der Waals surface area contributed by atoms with Gasteiger partial charge in [0, 0.05) is 7.05 Å². The summed E-state index contributed by atoms with van der Waals surface area (Å²) in [6.07, 6.45) is 2.56. The van der Waals surface area contributed by atoms with Crippen molar-refractivity contribution in [1.29, 1.82) is 0 Å². The number of hydrogen-bond donors (Lipinski definition) is 2. The number of benzene rings is 1. The second kappa shape index (κ2) is 5.29. The van der Waals surface area contributed by atoms with Gasteiger partial charge in [0.15, 0.2) is 0 Å². The van der Waals surface area contributed by atoms with Crippen LogP contribution in [0.5, 0.6) is 0 Å². The van der Waals surface area contributed by atoms with E-state index in [1.165, 1.54) is 16.7 Å². The van der Waals surface area contributed by atoms with Crippen molar-refractivity contribution in [3.8, 4) is 0 Å². The van der Waals surface area contributed by atoms with Crippen molar-refractivity contribution in [3.63, 3.8) is 0 Å². The van der Waals surface area contributed by atoms with E-state index in [4.69, 9.17) is 5.84 Å². The van der Waals surface area contributed by atoms with Gasteiger partial charge in [0.25, 0.3) is 0 Å². The summed E-state index contributed by atoms with van der Waals surface area (Å²) in [6, 6.07) is 6.49. The first-order chi connectivity index (χ1) is 8.61. The van der Waals surface area contributed by atoms with Gasteiger partial charge in [-0.2, -0.15) is 0 Å². The maximum absolute atomic E-state index is 5.63. The van der Waals surface area contributed by atoms with Crippen molar-refractivity contribution in [2.75, 3.05) is 0 Å². The highest BCUT2D eigenvalue weighted by molar-refractivity contribution is 5.30. The molecule has 0 saturated carbocycles. The van der Waals surface area contributed by atoms with Gasteiger partial charge < -0.3 is 0 Å². The van der Waals surface area contributed by atoms with Gasteiger partial charge in [0.05, 0.1) is 17.9 Å². The highest BCUT2D eigenvalue weighted by Gasteiger charge is 2.15. The lowest BCUT2D eigenvalue weighted by Crippen LogP contribution is -2.31. The van der Waals surface area contributed by atoms with E-state index in [1.807, 2.05) is 7.05 Å². The van der Waals surface area contributed by atoms with Gasteiger partial charge in [-0.05, 0) is 37.0 Å². The van der Waals surface area contributed by atoms with Gasteiger partial charge >= 0.3 is 0 Å². The van der Waals surface area contributed by atoms with Crippen LogP contribution in [0.4, 0.5) is 0 Å². The molecule has 5 heteroatoms. The van der Waals surface area contributed by atoms with E-state index in [1.54, 1.807) is 10.9 Å². The maximum atomic E-state index is 5.63. The van der Waals surface area contributed by atoms with Crippen molar-refractivity contribution in [1.82, 2.24) is 20.4 Å². The zero-order valence-electron chi connectivity index (χ0n) is 11.0. The van der Waals surface area contributed by atoms with E-state index < -0.39 is 0 Å². The molecule has 0 fully saturated rings. The number of aromatic nitrogens is 3. The standard InChI is InChI=1S/C13H19N5/c1-9-4-5-11(6-10(9)2)7-12(16-14)13-8-15-17-18(13)3/h4-6,8,12,16H,7,14H2,1-3H3. The molecule has 96 valence electrons. The summed E-state index contributed by atoms with van der Waals surface area (Å²) in [5, 5.41) is 7.81. The minimum absolute atomic E-state index is 0.0205. The van der Waals surface area contributed by atoms with Crippen LogP contribution in [0, 0.1) is 13.8 Å². The zero-order chi connectivity index (χ0) is 13.1. The Morgan fingerprint density at radius 2 is 2.11 bits per heavy atom. The summed E-state index contributed by atoms with van der Waals surface area (Å²) in [4.78, 5) is 0. The molecule has 0 aliphatic rings. The van der Waals surface area contributed by atoms with E-state index in [0.717, 1.165) is 12.1 Å². The molecule has 0 amide bonds. The molecule has 1 aromatic carbocycles. The Hall–Kier alpha value is -1.72. The highest BCUT2D eigenvalue weighted by Crippen LogP contribution is 2.18. The molecule has 0 aliphatic carbocycles. The Morgan fingerprint density at radius 1 is 1.33 bits per heavy atom. The molecule has 0 bridgehead atoms. The molecule has 1 atom stereocenters. The van der Waals surface area contributed by atoms with Gasteiger partial charge in [0.1, 0.15) is 0 Å². The van der Waals surface area contributed by atoms with Crippen LogP contribution in [0.2, 0.25) is 0 Å². The lowest BCUT2D eigenvalue weighted by Gasteiger charge is -2.16. The third-order valence-corrected chi connectivity index (χ3v) is 3.32. The topological polar surface area (TPSA) is 68.8 Å². The lowest BCUT2D eigenvalue weighted by atomic mass is 10.00. The Kier molecular flexibility index (Phi) is 3.74. The van der Waals surface area contributed by atoms with Crippen LogP contribution in [0.15, 0.2) is 24.4 Å². The number of hydrazine groups is 1. The van der Waals surface area contributed by atoms with Crippen LogP contribution in [-0.4, -0.2) is 15.0 Å². The van der Waals surface area contributed by atoms with Crippen LogP contribution in [0.1, 0.15) is 28.4 Å². The number of nitrogens with one attached hydrogen (secondary N) is 1. The fourth-order valence-electron chi connectivity index (χ4n) is 2.03. The summed E-state index contributed by atoms with van der Waals surface area (Å²) >= 11 is 0. The van der Waals surface area contributed by atoms with Gasteiger partial charge in [-0.25, -0.2) is 0 Å². The normalized spacial score (nSPS) is 12.7. The van der Waals surface area contributed by atoms with Crippen LogP contribution >= 0.6 is 0 Å². The fourth-order valence-corrected chi connectivity index (χ4v) is 2.03. The van der Waals surface area contributed by atoms with Crippen LogP contribution in [0.25, 0.3) is 0 Å². The predicted octanol–water partition coefficient (Wildman–Crippen LogP) is 1.18. The van der Waals surface area contributed by atoms with Crippen LogP contribution in [-0.2, 0) is 13.5 Å². The zero-order valence-corrected chi connectivity index (χ0v) is 11.0. The minimum atomic E-state index is 0.0205. The molecule has 2 aromatic rings.